The Bertz CT molecular complexity index is 182. The molecule has 0 aromatic heterocycles. The first-order valence-electron chi connectivity index (χ1n) is 5.60. The van der Waals surface area contributed by atoms with Gasteiger partial charge in [-0.25, -0.2) is 4.79 Å². The second-order valence-corrected chi connectivity index (χ2v) is 3.71. The molecular formula is C10H21N3O2. The van der Waals surface area contributed by atoms with E-state index in [1.807, 2.05) is 7.05 Å². The zero-order chi connectivity index (χ0) is 10.9. The van der Waals surface area contributed by atoms with Crippen LogP contribution in [-0.2, 0) is 4.74 Å². The summed E-state index contributed by atoms with van der Waals surface area (Å²) in [5, 5.41) is 5.61. The van der Waals surface area contributed by atoms with Crippen molar-refractivity contribution < 1.29 is 9.53 Å². The number of nitrogens with zero attached hydrogens (tertiary/aromatic N) is 1. The fourth-order valence-electron chi connectivity index (χ4n) is 1.61. The zero-order valence-corrected chi connectivity index (χ0v) is 9.42. The van der Waals surface area contributed by atoms with Crippen molar-refractivity contribution in [2.24, 2.45) is 0 Å². The van der Waals surface area contributed by atoms with E-state index in [0.29, 0.717) is 13.2 Å². The van der Waals surface area contributed by atoms with Crippen molar-refractivity contribution in [1.29, 1.82) is 0 Å². The Balaban J connectivity index is 1.91. The maximum absolute atomic E-state index is 11.1. The summed E-state index contributed by atoms with van der Waals surface area (Å²) in [6, 6.07) is 0. The summed E-state index contributed by atoms with van der Waals surface area (Å²) < 4.78 is 5.03. The van der Waals surface area contributed by atoms with Crippen LogP contribution >= 0.6 is 0 Å². The van der Waals surface area contributed by atoms with Crippen molar-refractivity contribution in [1.82, 2.24) is 15.5 Å². The molecule has 5 nitrogen and oxygen atoms in total. The normalized spacial score (nSPS) is 16.6. The van der Waals surface area contributed by atoms with Crippen molar-refractivity contribution in [3.05, 3.63) is 0 Å². The first kappa shape index (κ1) is 12.3. The van der Waals surface area contributed by atoms with Crippen LogP contribution < -0.4 is 10.6 Å². The molecule has 0 bridgehead atoms. The molecule has 1 amide bonds. The van der Waals surface area contributed by atoms with E-state index < -0.39 is 0 Å². The molecule has 1 aliphatic heterocycles. The van der Waals surface area contributed by atoms with Gasteiger partial charge in [0.2, 0.25) is 0 Å². The molecule has 0 aliphatic carbocycles. The summed E-state index contributed by atoms with van der Waals surface area (Å²) in [5.74, 6) is 0. The highest BCUT2D eigenvalue weighted by Crippen LogP contribution is 2.05. The van der Waals surface area contributed by atoms with Crippen LogP contribution in [0.1, 0.15) is 12.8 Å². The van der Waals surface area contributed by atoms with Gasteiger partial charge in [0.25, 0.3) is 0 Å². The van der Waals surface area contributed by atoms with E-state index in [9.17, 15) is 4.79 Å². The van der Waals surface area contributed by atoms with E-state index in [1.165, 1.54) is 12.8 Å². The number of likely N-dealkylation sites (tertiary alicyclic amines) is 1. The SMILES string of the molecule is CNCCNC(=O)OCCN1CCCC1. The Kier molecular flexibility index (Phi) is 6.11. The second-order valence-electron chi connectivity index (χ2n) is 3.71. The number of carbonyl (C=O) groups excluding carboxylic acids is 1. The van der Waals surface area contributed by atoms with E-state index in [4.69, 9.17) is 4.74 Å². The molecule has 0 unspecified atom stereocenters. The maximum Gasteiger partial charge on any atom is 0.407 e. The molecule has 0 saturated carbocycles. The van der Waals surface area contributed by atoms with Gasteiger partial charge in [-0.15, -0.1) is 0 Å². The predicted octanol–water partition coefficient (Wildman–Crippen LogP) is 0.0278. The van der Waals surface area contributed by atoms with Crippen LogP contribution in [-0.4, -0.2) is 57.4 Å². The molecule has 1 fully saturated rings. The summed E-state index contributed by atoms with van der Waals surface area (Å²) in [7, 11) is 1.85. The molecule has 5 heteroatoms. The van der Waals surface area contributed by atoms with Gasteiger partial charge in [-0.05, 0) is 33.0 Å². The average molecular weight is 215 g/mol. The number of nitrogens with one attached hydrogen (secondary N) is 2. The molecule has 1 saturated heterocycles. The highest BCUT2D eigenvalue weighted by molar-refractivity contribution is 5.67. The summed E-state index contributed by atoms with van der Waals surface area (Å²) in [6.45, 7) is 5.01. The Morgan fingerprint density at radius 3 is 2.73 bits per heavy atom. The second kappa shape index (κ2) is 7.48. The molecule has 0 atom stereocenters. The van der Waals surface area contributed by atoms with Gasteiger partial charge in [-0.2, -0.15) is 0 Å². The van der Waals surface area contributed by atoms with E-state index in [1.54, 1.807) is 0 Å². The lowest BCUT2D eigenvalue weighted by Gasteiger charge is -2.14. The number of alkyl carbamates (subject to hydrolysis) is 1. The number of hydrogen-bond acceptors (Lipinski definition) is 4. The van der Waals surface area contributed by atoms with Crippen LogP contribution in [0, 0.1) is 0 Å². The van der Waals surface area contributed by atoms with Gasteiger partial charge in [0.1, 0.15) is 6.61 Å². The predicted molar refractivity (Wildman–Crippen MR) is 59.0 cm³/mol. The van der Waals surface area contributed by atoms with E-state index >= 15 is 0 Å². The molecule has 15 heavy (non-hydrogen) atoms. The molecule has 88 valence electrons. The summed E-state index contributed by atoms with van der Waals surface area (Å²) >= 11 is 0. The van der Waals surface area contributed by atoms with E-state index in [0.717, 1.165) is 26.2 Å². The van der Waals surface area contributed by atoms with Crippen molar-refractivity contribution in [2.75, 3.05) is 46.4 Å². The van der Waals surface area contributed by atoms with Crippen LogP contribution in [0.15, 0.2) is 0 Å². The number of likely N-dealkylation sites (N-methyl/N-ethyl adjacent to an activating group) is 1. The Hall–Kier alpha value is -0.810. The molecule has 1 heterocycles. The summed E-state index contributed by atoms with van der Waals surface area (Å²) in [4.78, 5) is 13.4. The van der Waals surface area contributed by atoms with Gasteiger partial charge < -0.3 is 15.4 Å². The molecule has 0 radical (unpaired) electrons. The molecule has 1 aliphatic rings. The zero-order valence-electron chi connectivity index (χ0n) is 9.42. The van der Waals surface area contributed by atoms with Gasteiger partial charge in [0.15, 0.2) is 0 Å². The summed E-state index contributed by atoms with van der Waals surface area (Å²) in [5.41, 5.74) is 0. The van der Waals surface area contributed by atoms with Gasteiger partial charge in [0, 0.05) is 19.6 Å². The lowest BCUT2D eigenvalue weighted by atomic mass is 10.4. The van der Waals surface area contributed by atoms with Crippen molar-refractivity contribution in [3.63, 3.8) is 0 Å². The van der Waals surface area contributed by atoms with E-state index in [-0.39, 0.29) is 6.09 Å². The first-order chi connectivity index (χ1) is 7.33. The van der Waals surface area contributed by atoms with Gasteiger partial charge >= 0.3 is 6.09 Å². The third-order valence-corrected chi connectivity index (χ3v) is 2.48. The molecule has 0 aromatic rings. The topological polar surface area (TPSA) is 53.6 Å². The average Bonchev–Trinajstić information content (AvgIpc) is 2.71. The molecule has 0 spiro atoms. The summed E-state index contributed by atoms with van der Waals surface area (Å²) in [6.07, 6.45) is 2.23. The molecule has 0 aromatic carbocycles. The van der Waals surface area contributed by atoms with Crippen LogP contribution in [0.4, 0.5) is 4.79 Å². The van der Waals surface area contributed by atoms with Crippen LogP contribution in [0.25, 0.3) is 0 Å². The number of amides is 1. The number of rotatable bonds is 6. The third kappa shape index (κ3) is 5.59. The lowest BCUT2D eigenvalue weighted by Crippen LogP contribution is -2.33. The van der Waals surface area contributed by atoms with Crippen LogP contribution in [0.3, 0.4) is 0 Å². The van der Waals surface area contributed by atoms with Crippen LogP contribution in [0.5, 0.6) is 0 Å². The van der Waals surface area contributed by atoms with Crippen molar-refractivity contribution >= 4 is 6.09 Å². The fraction of sp³-hybridized carbons (Fsp3) is 0.900. The minimum atomic E-state index is -0.315. The van der Waals surface area contributed by atoms with Gasteiger partial charge in [0.05, 0.1) is 0 Å². The third-order valence-electron chi connectivity index (χ3n) is 2.48. The Labute approximate surface area is 91.2 Å². The molecular weight excluding hydrogens is 194 g/mol. The first-order valence-corrected chi connectivity index (χ1v) is 5.60. The highest BCUT2D eigenvalue weighted by atomic mass is 16.5. The van der Waals surface area contributed by atoms with Gasteiger partial charge in [-0.1, -0.05) is 0 Å². The minimum Gasteiger partial charge on any atom is -0.448 e. The Morgan fingerprint density at radius 2 is 2.07 bits per heavy atom. The fourth-order valence-corrected chi connectivity index (χ4v) is 1.61. The smallest absolute Gasteiger partial charge is 0.407 e. The standard InChI is InChI=1S/C10H21N3O2/c1-11-4-5-12-10(14)15-9-8-13-6-2-3-7-13/h11H,2-9H2,1H3,(H,12,14). The largest absolute Gasteiger partial charge is 0.448 e. The minimum absolute atomic E-state index is 0.315. The quantitative estimate of drug-likeness (QED) is 0.614. The monoisotopic (exact) mass is 215 g/mol. The van der Waals surface area contributed by atoms with Gasteiger partial charge in [-0.3, -0.25) is 4.90 Å². The Morgan fingerprint density at radius 1 is 1.33 bits per heavy atom. The van der Waals surface area contributed by atoms with E-state index in [2.05, 4.69) is 15.5 Å². The number of hydrogen-bond donors (Lipinski definition) is 2. The number of ether oxygens (including phenoxy) is 1. The molecule has 2 N–H and O–H groups in total. The maximum atomic E-state index is 11.1. The van der Waals surface area contributed by atoms with Crippen LogP contribution in [0.2, 0.25) is 0 Å². The molecule has 1 rings (SSSR count). The lowest BCUT2D eigenvalue weighted by molar-refractivity contribution is 0.132. The number of carbonyl (C=O) groups is 1. The van der Waals surface area contributed by atoms with Crippen molar-refractivity contribution in [3.8, 4) is 0 Å². The van der Waals surface area contributed by atoms with Crippen molar-refractivity contribution in [2.45, 2.75) is 12.8 Å². The highest BCUT2D eigenvalue weighted by Gasteiger charge is 2.11.